The number of carbonyl (C=O) groups is 4. The van der Waals surface area contributed by atoms with Crippen molar-refractivity contribution in [2.75, 3.05) is 46.2 Å². The maximum atomic E-state index is 11.6. The van der Waals surface area contributed by atoms with E-state index >= 15 is 0 Å². The maximum absolute atomic E-state index is 11.6. The molecule has 0 aromatic rings. The molecule has 0 saturated heterocycles. The van der Waals surface area contributed by atoms with Gasteiger partial charge in [0, 0.05) is 24.3 Å². The first-order valence-electron chi connectivity index (χ1n) is 10.0. The summed E-state index contributed by atoms with van der Waals surface area (Å²) in [5.41, 5.74) is -2.24. The van der Waals surface area contributed by atoms with Crippen LogP contribution in [0.1, 0.15) is 13.3 Å². The fourth-order valence-electron chi connectivity index (χ4n) is 2.31. The lowest BCUT2D eigenvalue weighted by Gasteiger charge is -2.34. The van der Waals surface area contributed by atoms with Gasteiger partial charge >= 0.3 is 23.9 Å². The Hall–Kier alpha value is -3.24. The summed E-state index contributed by atoms with van der Waals surface area (Å²) < 4.78 is 26.1. The highest BCUT2D eigenvalue weighted by atomic mass is 16.6. The molecule has 0 bridgehead atoms. The highest BCUT2D eigenvalue weighted by molar-refractivity contribution is 5.82. The van der Waals surface area contributed by atoms with E-state index in [1.54, 1.807) is 6.92 Å². The van der Waals surface area contributed by atoms with Gasteiger partial charge in [-0.05, 0) is 6.42 Å². The Balaban J connectivity index is 5.50. The normalized spacial score (nSPS) is 11.0. The van der Waals surface area contributed by atoms with Crippen LogP contribution in [0.2, 0.25) is 0 Å². The van der Waals surface area contributed by atoms with Gasteiger partial charge in [-0.2, -0.15) is 0 Å². The zero-order valence-corrected chi connectivity index (χ0v) is 18.9. The van der Waals surface area contributed by atoms with Gasteiger partial charge in [0.15, 0.2) is 0 Å². The number of rotatable bonds is 18. The summed E-state index contributed by atoms with van der Waals surface area (Å²) in [7, 11) is 0. The molecular weight excluding hydrogens is 436 g/mol. The van der Waals surface area contributed by atoms with Crippen molar-refractivity contribution in [3.8, 4) is 0 Å². The Morgan fingerprint density at radius 2 is 0.939 bits per heavy atom. The number of hydrogen-bond acceptors (Lipinski definition) is 10. The second-order valence-electron chi connectivity index (χ2n) is 7.25. The molecule has 0 atom stereocenters. The van der Waals surface area contributed by atoms with Crippen LogP contribution in [0.3, 0.4) is 0 Å². The molecule has 0 aromatic heterocycles. The molecule has 0 aliphatic rings. The van der Waals surface area contributed by atoms with Crippen LogP contribution in [0, 0.1) is 10.8 Å². The maximum Gasteiger partial charge on any atom is 0.330 e. The number of esters is 4. The number of hydrogen-bond donors (Lipinski definition) is 1. The molecule has 184 valence electrons. The highest BCUT2D eigenvalue weighted by Gasteiger charge is 2.37. The summed E-state index contributed by atoms with van der Waals surface area (Å²) in [6.07, 6.45) is 4.27. The van der Waals surface area contributed by atoms with Crippen LogP contribution in [0.5, 0.6) is 0 Å². The van der Waals surface area contributed by atoms with E-state index < -0.39 is 41.3 Å². The first kappa shape index (κ1) is 29.8. The van der Waals surface area contributed by atoms with E-state index in [1.807, 2.05) is 0 Å². The van der Waals surface area contributed by atoms with E-state index in [9.17, 15) is 24.3 Å². The molecule has 0 fully saturated rings. The van der Waals surface area contributed by atoms with Gasteiger partial charge in [-0.15, -0.1) is 0 Å². The minimum absolute atomic E-state index is 0.0785. The molecular formula is C23H32O10. The standard InChI is InChI=1S/C23H32O10/c1-6-18(25)30-14-22(10-5,15-31-19(26)7-2)12-29-13-23(11-24,16-32-20(27)8-3)17-33-21(28)9-4/h6-9,24H,1-4,10-17H2,5H3. The van der Waals surface area contributed by atoms with Crippen molar-refractivity contribution in [3.05, 3.63) is 50.6 Å². The molecule has 10 nitrogen and oxygen atoms in total. The van der Waals surface area contributed by atoms with E-state index in [0.717, 1.165) is 24.3 Å². The molecule has 0 aliphatic heterocycles. The fourth-order valence-corrected chi connectivity index (χ4v) is 2.31. The lowest BCUT2D eigenvalue weighted by molar-refractivity contribution is -0.160. The highest BCUT2D eigenvalue weighted by Crippen LogP contribution is 2.27. The summed E-state index contributed by atoms with van der Waals surface area (Å²) in [5, 5.41) is 9.98. The third-order valence-corrected chi connectivity index (χ3v) is 4.65. The first-order chi connectivity index (χ1) is 15.6. The molecule has 0 amide bonds. The average Bonchev–Trinajstić information content (AvgIpc) is 2.85. The van der Waals surface area contributed by atoms with Gasteiger partial charge in [-0.3, -0.25) is 0 Å². The van der Waals surface area contributed by atoms with Crippen molar-refractivity contribution in [1.82, 2.24) is 0 Å². The number of ether oxygens (including phenoxy) is 5. The van der Waals surface area contributed by atoms with Crippen LogP contribution >= 0.6 is 0 Å². The molecule has 0 aliphatic carbocycles. The first-order valence-corrected chi connectivity index (χ1v) is 10.0. The zero-order valence-electron chi connectivity index (χ0n) is 18.9. The Morgan fingerprint density at radius 1 is 0.636 bits per heavy atom. The van der Waals surface area contributed by atoms with Gasteiger partial charge < -0.3 is 28.8 Å². The summed E-state index contributed by atoms with van der Waals surface area (Å²) >= 11 is 0. The summed E-state index contributed by atoms with van der Waals surface area (Å²) in [6, 6.07) is 0. The van der Waals surface area contributed by atoms with Crippen molar-refractivity contribution in [1.29, 1.82) is 0 Å². The predicted molar refractivity (Wildman–Crippen MR) is 118 cm³/mol. The molecule has 0 unspecified atom stereocenters. The molecule has 0 aromatic carbocycles. The van der Waals surface area contributed by atoms with Gasteiger partial charge in [-0.1, -0.05) is 33.2 Å². The van der Waals surface area contributed by atoms with E-state index in [1.165, 1.54) is 0 Å². The molecule has 0 spiro atoms. The second-order valence-corrected chi connectivity index (χ2v) is 7.25. The Bertz CT molecular complexity index is 617. The lowest BCUT2D eigenvalue weighted by atomic mass is 9.87. The monoisotopic (exact) mass is 468 g/mol. The third kappa shape index (κ3) is 11.3. The number of aliphatic hydroxyl groups excluding tert-OH is 1. The van der Waals surface area contributed by atoms with Gasteiger partial charge in [-0.25, -0.2) is 19.2 Å². The molecule has 33 heavy (non-hydrogen) atoms. The van der Waals surface area contributed by atoms with Crippen molar-refractivity contribution in [2.45, 2.75) is 13.3 Å². The summed E-state index contributed by atoms with van der Waals surface area (Å²) in [6.45, 7) is 13.2. The third-order valence-electron chi connectivity index (χ3n) is 4.65. The number of carbonyl (C=O) groups excluding carboxylic acids is 4. The Morgan fingerprint density at radius 3 is 1.21 bits per heavy atom. The van der Waals surface area contributed by atoms with Gasteiger partial charge in [0.25, 0.3) is 0 Å². The van der Waals surface area contributed by atoms with Crippen LogP contribution in [-0.2, 0) is 42.9 Å². The topological polar surface area (TPSA) is 135 Å². The zero-order chi connectivity index (χ0) is 25.3. The Kier molecular flexibility index (Phi) is 14.0. The molecule has 1 N–H and O–H groups in total. The summed E-state index contributed by atoms with van der Waals surface area (Å²) in [5.74, 6) is -2.81. The molecule has 10 heteroatoms. The minimum Gasteiger partial charge on any atom is -0.462 e. The van der Waals surface area contributed by atoms with Gasteiger partial charge in [0.1, 0.15) is 26.4 Å². The van der Waals surface area contributed by atoms with Gasteiger partial charge in [0.2, 0.25) is 0 Å². The largest absolute Gasteiger partial charge is 0.462 e. The number of aliphatic hydroxyl groups is 1. The van der Waals surface area contributed by atoms with Crippen LogP contribution in [-0.4, -0.2) is 75.2 Å². The van der Waals surface area contributed by atoms with Crippen molar-refractivity contribution >= 4 is 23.9 Å². The lowest BCUT2D eigenvalue weighted by Crippen LogP contribution is -2.44. The van der Waals surface area contributed by atoms with E-state index in [0.29, 0.717) is 6.42 Å². The van der Waals surface area contributed by atoms with Crippen molar-refractivity contribution in [3.63, 3.8) is 0 Å². The average molecular weight is 468 g/mol. The minimum atomic E-state index is -1.30. The predicted octanol–water partition coefficient (Wildman–Crippen LogP) is 1.29. The molecule has 0 rings (SSSR count). The van der Waals surface area contributed by atoms with Crippen LogP contribution in [0.4, 0.5) is 0 Å². The Labute approximate surface area is 193 Å². The van der Waals surface area contributed by atoms with E-state index in [2.05, 4.69) is 26.3 Å². The smallest absolute Gasteiger partial charge is 0.330 e. The fraction of sp³-hybridized carbons (Fsp3) is 0.478. The summed E-state index contributed by atoms with van der Waals surface area (Å²) in [4.78, 5) is 46.1. The quantitative estimate of drug-likeness (QED) is 0.178. The van der Waals surface area contributed by atoms with Crippen LogP contribution in [0.25, 0.3) is 0 Å². The second kappa shape index (κ2) is 15.5. The molecule has 0 radical (unpaired) electrons. The van der Waals surface area contributed by atoms with Crippen molar-refractivity contribution in [2.24, 2.45) is 10.8 Å². The van der Waals surface area contributed by atoms with Crippen molar-refractivity contribution < 1.29 is 48.0 Å². The van der Waals surface area contributed by atoms with Gasteiger partial charge in [0.05, 0.1) is 30.7 Å². The molecule has 0 saturated carbocycles. The van der Waals surface area contributed by atoms with Crippen LogP contribution < -0.4 is 0 Å². The van der Waals surface area contributed by atoms with Crippen LogP contribution in [0.15, 0.2) is 50.6 Å². The van der Waals surface area contributed by atoms with E-state index in [4.69, 9.17) is 23.7 Å². The molecule has 0 heterocycles. The van der Waals surface area contributed by atoms with E-state index in [-0.39, 0.29) is 39.6 Å². The SMILES string of the molecule is C=CC(=O)OCC(CC)(COCC(CO)(COC(=O)C=C)COC(=O)C=C)COC(=O)C=C.